The molecule has 0 aliphatic carbocycles. The summed E-state index contributed by atoms with van der Waals surface area (Å²) < 4.78 is 37.2. The Bertz CT molecular complexity index is 942. The van der Waals surface area contributed by atoms with E-state index in [1.54, 1.807) is 55.6 Å². The molecule has 9 heteroatoms. The SMILES string of the molecule is COc1ccc(NC(=O)CN2CCN(S(=O)(=O)c3ccccc3)CC2)cc1OC. The molecule has 29 heavy (non-hydrogen) atoms. The number of anilines is 1. The van der Waals surface area contributed by atoms with E-state index in [-0.39, 0.29) is 12.5 Å². The van der Waals surface area contributed by atoms with Crippen molar-refractivity contribution in [1.29, 1.82) is 0 Å². The normalized spacial score (nSPS) is 15.7. The molecule has 156 valence electrons. The van der Waals surface area contributed by atoms with E-state index < -0.39 is 10.0 Å². The number of carbonyl (C=O) groups is 1. The summed E-state index contributed by atoms with van der Waals surface area (Å²) in [6.07, 6.45) is 0. The second-order valence-electron chi connectivity index (χ2n) is 6.61. The topological polar surface area (TPSA) is 88.2 Å². The average Bonchev–Trinajstić information content (AvgIpc) is 2.74. The number of hydrogen-bond acceptors (Lipinski definition) is 6. The quantitative estimate of drug-likeness (QED) is 0.734. The molecular formula is C20H25N3O5S. The van der Waals surface area contributed by atoms with Gasteiger partial charge in [-0.2, -0.15) is 4.31 Å². The Labute approximate surface area is 171 Å². The highest BCUT2D eigenvalue weighted by Gasteiger charge is 2.28. The molecule has 3 rings (SSSR count). The first kappa shape index (κ1) is 21.1. The molecule has 0 saturated carbocycles. The van der Waals surface area contributed by atoms with Gasteiger partial charge in [-0.3, -0.25) is 9.69 Å². The standard InChI is InChI=1S/C20H25N3O5S/c1-27-18-9-8-16(14-19(18)28-2)21-20(24)15-22-10-12-23(13-11-22)29(25,26)17-6-4-3-5-7-17/h3-9,14H,10-13,15H2,1-2H3,(H,21,24). The number of piperazine rings is 1. The number of methoxy groups -OCH3 is 2. The molecule has 0 unspecified atom stereocenters. The summed E-state index contributed by atoms with van der Waals surface area (Å²) in [5.41, 5.74) is 0.609. The molecule has 0 spiro atoms. The summed E-state index contributed by atoms with van der Waals surface area (Å²) in [5.74, 6) is 0.947. The third-order valence-corrected chi connectivity index (χ3v) is 6.66. The summed E-state index contributed by atoms with van der Waals surface area (Å²) in [5, 5.41) is 2.83. The van der Waals surface area contributed by atoms with E-state index in [0.29, 0.717) is 48.3 Å². The fourth-order valence-electron chi connectivity index (χ4n) is 3.19. The number of sulfonamides is 1. The van der Waals surface area contributed by atoms with Gasteiger partial charge in [-0.05, 0) is 24.3 Å². The maximum absolute atomic E-state index is 12.7. The summed E-state index contributed by atoms with van der Waals surface area (Å²) in [6.45, 7) is 1.87. The Morgan fingerprint density at radius 3 is 2.24 bits per heavy atom. The van der Waals surface area contributed by atoms with Crippen LogP contribution in [-0.4, -0.2) is 70.5 Å². The summed E-state index contributed by atoms with van der Waals surface area (Å²) >= 11 is 0. The lowest BCUT2D eigenvalue weighted by atomic mass is 10.2. The molecule has 0 bridgehead atoms. The summed E-state index contributed by atoms with van der Waals surface area (Å²) in [6, 6.07) is 13.6. The summed E-state index contributed by atoms with van der Waals surface area (Å²) in [7, 11) is -0.413. The third kappa shape index (κ3) is 5.06. The molecule has 0 radical (unpaired) electrons. The van der Waals surface area contributed by atoms with Crippen LogP contribution in [0.2, 0.25) is 0 Å². The van der Waals surface area contributed by atoms with Crippen molar-refractivity contribution >= 4 is 21.6 Å². The van der Waals surface area contributed by atoms with Gasteiger partial charge in [0.25, 0.3) is 0 Å². The highest BCUT2D eigenvalue weighted by Crippen LogP contribution is 2.29. The van der Waals surface area contributed by atoms with E-state index in [9.17, 15) is 13.2 Å². The molecule has 2 aromatic carbocycles. The van der Waals surface area contributed by atoms with Crippen molar-refractivity contribution in [2.24, 2.45) is 0 Å². The van der Waals surface area contributed by atoms with E-state index in [4.69, 9.17) is 9.47 Å². The zero-order chi connectivity index (χ0) is 20.9. The lowest BCUT2D eigenvalue weighted by Crippen LogP contribution is -2.50. The smallest absolute Gasteiger partial charge is 0.243 e. The maximum Gasteiger partial charge on any atom is 0.243 e. The minimum absolute atomic E-state index is 0.170. The Kier molecular flexibility index (Phi) is 6.73. The predicted octanol–water partition coefficient (Wildman–Crippen LogP) is 1.65. The van der Waals surface area contributed by atoms with Gasteiger partial charge < -0.3 is 14.8 Å². The van der Waals surface area contributed by atoms with Gasteiger partial charge in [0, 0.05) is 37.9 Å². The molecule has 1 saturated heterocycles. The second-order valence-corrected chi connectivity index (χ2v) is 8.55. The van der Waals surface area contributed by atoms with Crippen LogP contribution in [0.1, 0.15) is 0 Å². The zero-order valence-electron chi connectivity index (χ0n) is 16.5. The number of nitrogens with zero attached hydrogens (tertiary/aromatic N) is 2. The van der Waals surface area contributed by atoms with Crippen molar-refractivity contribution in [1.82, 2.24) is 9.21 Å². The largest absolute Gasteiger partial charge is 0.493 e. The number of ether oxygens (including phenoxy) is 2. The number of nitrogens with one attached hydrogen (secondary N) is 1. The minimum Gasteiger partial charge on any atom is -0.493 e. The molecule has 1 aliphatic heterocycles. The van der Waals surface area contributed by atoms with Gasteiger partial charge in [-0.1, -0.05) is 18.2 Å². The van der Waals surface area contributed by atoms with Crippen LogP contribution in [0.15, 0.2) is 53.4 Å². The van der Waals surface area contributed by atoms with E-state index in [0.717, 1.165) is 0 Å². The van der Waals surface area contributed by atoms with Crippen LogP contribution >= 0.6 is 0 Å². The maximum atomic E-state index is 12.7. The molecule has 0 aromatic heterocycles. The van der Waals surface area contributed by atoms with E-state index in [2.05, 4.69) is 5.32 Å². The lowest BCUT2D eigenvalue weighted by molar-refractivity contribution is -0.117. The molecule has 1 N–H and O–H groups in total. The molecule has 1 amide bonds. The van der Waals surface area contributed by atoms with Gasteiger partial charge in [0.05, 0.1) is 25.7 Å². The van der Waals surface area contributed by atoms with Crippen molar-refractivity contribution in [3.8, 4) is 11.5 Å². The molecule has 1 aliphatic rings. The lowest BCUT2D eigenvalue weighted by Gasteiger charge is -2.33. The fourth-order valence-corrected chi connectivity index (χ4v) is 4.63. The van der Waals surface area contributed by atoms with Crippen molar-refractivity contribution < 1.29 is 22.7 Å². The minimum atomic E-state index is -3.50. The Morgan fingerprint density at radius 2 is 1.62 bits per heavy atom. The van der Waals surface area contributed by atoms with E-state index >= 15 is 0 Å². The van der Waals surface area contributed by atoms with Gasteiger partial charge in [-0.15, -0.1) is 0 Å². The average molecular weight is 420 g/mol. The van der Waals surface area contributed by atoms with Crippen molar-refractivity contribution in [3.05, 3.63) is 48.5 Å². The van der Waals surface area contributed by atoms with Gasteiger partial charge >= 0.3 is 0 Å². The zero-order valence-corrected chi connectivity index (χ0v) is 17.3. The number of carbonyl (C=O) groups excluding carboxylic acids is 1. The van der Waals surface area contributed by atoms with Crippen LogP contribution in [0.25, 0.3) is 0 Å². The number of amides is 1. The number of rotatable bonds is 7. The van der Waals surface area contributed by atoms with Crippen LogP contribution in [-0.2, 0) is 14.8 Å². The highest BCUT2D eigenvalue weighted by atomic mass is 32.2. The Balaban J connectivity index is 1.54. The predicted molar refractivity (Wildman–Crippen MR) is 110 cm³/mol. The molecule has 0 atom stereocenters. The monoisotopic (exact) mass is 419 g/mol. The van der Waals surface area contributed by atoms with Crippen LogP contribution in [0.4, 0.5) is 5.69 Å². The second kappa shape index (κ2) is 9.25. The molecular weight excluding hydrogens is 394 g/mol. The first-order chi connectivity index (χ1) is 13.9. The highest BCUT2D eigenvalue weighted by molar-refractivity contribution is 7.89. The Morgan fingerprint density at radius 1 is 0.966 bits per heavy atom. The van der Waals surface area contributed by atoms with Crippen LogP contribution in [0, 0.1) is 0 Å². The van der Waals surface area contributed by atoms with Crippen molar-refractivity contribution in [3.63, 3.8) is 0 Å². The third-order valence-electron chi connectivity index (χ3n) is 4.75. The van der Waals surface area contributed by atoms with E-state index in [1.165, 1.54) is 11.4 Å². The van der Waals surface area contributed by atoms with Crippen LogP contribution < -0.4 is 14.8 Å². The van der Waals surface area contributed by atoms with Gasteiger partial charge in [0.15, 0.2) is 11.5 Å². The first-order valence-electron chi connectivity index (χ1n) is 9.23. The van der Waals surface area contributed by atoms with Crippen LogP contribution in [0.5, 0.6) is 11.5 Å². The molecule has 1 heterocycles. The molecule has 8 nitrogen and oxygen atoms in total. The van der Waals surface area contributed by atoms with Crippen molar-refractivity contribution in [2.75, 3.05) is 52.3 Å². The fraction of sp³-hybridized carbons (Fsp3) is 0.350. The van der Waals surface area contributed by atoms with Gasteiger partial charge in [-0.25, -0.2) is 8.42 Å². The van der Waals surface area contributed by atoms with Crippen LogP contribution in [0.3, 0.4) is 0 Å². The van der Waals surface area contributed by atoms with Gasteiger partial charge in [0.2, 0.25) is 15.9 Å². The number of benzene rings is 2. The number of hydrogen-bond donors (Lipinski definition) is 1. The Hall–Kier alpha value is -2.62. The van der Waals surface area contributed by atoms with Gasteiger partial charge in [0.1, 0.15) is 0 Å². The molecule has 2 aromatic rings. The summed E-state index contributed by atoms with van der Waals surface area (Å²) in [4.78, 5) is 14.6. The van der Waals surface area contributed by atoms with E-state index in [1.807, 2.05) is 4.90 Å². The van der Waals surface area contributed by atoms with Crippen molar-refractivity contribution in [2.45, 2.75) is 4.90 Å². The first-order valence-corrected chi connectivity index (χ1v) is 10.7. The molecule has 1 fully saturated rings.